The Bertz CT molecular complexity index is 661. The summed E-state index contributed by atoms with van der Waals surface area (Å²) in [6, 6.07) is 5.78. The first-order valence-electron chi connectivity index (χ1n) is 8.26. The van der Waals surface area contributed by atoms with Crippen molar-refractivity contribution < 1.29 is 24.2 Å². The average molecular weight is 332 g/mol. The number of ether oxygens (including phenoxy) is 2. The van der Waals surface area contributed by atoms with Crippen molar-refractivity contribution in [1.82, 2.24) is 4.90 Å². The van der Waals surface area contributed by atoms with Gasteiger partial charge in [-0.25, -0.2) is 4.90 Å². The summed E-state index contributed by atoms with van der Waals surface area (Å²) in [7, 11) is 0. The molecule has 3 heterocycles. The summed E-state index contributed by atoms with van der Waals surface area (Å²) in [4.78, 5) is 28.3. The Kier molecular flexibility index (Phi) is 3.79. The van der Waals surface area contributed by atoms with Gasteiger partial charge in [-0.2, -0.15) is 0 Å². The topological polar surface area (TPSA) is 79.3 Å². The van der Waals surface area contributed by atoms with Crippen LogP contribution in [0.25, 0.3) is 0 Å². The van der Waals surface area contributed by atoms with Crippen molar-refractivity contribution in [3.05, 3.63) is 24.3 Å². The molecule has 0 radical (unpaired) electrons. The number of carbonyl (C=O) groups excluding carboxylic acids is 2. The maximum atomic E-state index is 12.8. The lowest BCUT2D eigenvalue weighted by Gasteiger charge is -2.39. The molecule has 1 spiro atoms. The van der Waals surface area contributed by atoms with Gasteiger partial charge >= 0.3 is 0 Å². The molecule has 3 fully saturated rings. The molecule has 3 aliphatic heterocycles. The second-order valence-electron chi connectivity index (χ2n) is 6.45. The number of phenolic OH excluding ortho intramolecular Hbond substituents is 1. The number of likely N-dealkylation sites (tertiary alicyclic amines) is 1. The summed E-state index contributed by atoms with van der Waals surface area (Å²) in [5.74, 6) is -0.918. The molecule has 0 aromatic heterocycles. The molecule has 1 aromatic rings. The van der Waals surface area contributed by atoms with Crippen molar-refractivity contribution in [2.75, 3.05) is 31.2 Å². The van der Waals surface area contributed by atoms with Gasteiger partial charge in [-0.1, -0.05) is 6.07 Å². The van der Waals surface area contributed by atoms with Crippen LogP contribution in [0.15, 0.2) is 24.3 Å². The van der Waals surface area contributed by atoms with Crippen molar-refractivity contribution in [2.45, 2.75) is 31.1 Å². The van der Waals surface area contributed by atoms with E-state index in [2.05, 4.69) is 0 Å². The van der Waals surface area contributed by atoms with E-state index >= 15 is 0 Å². The smallest absolute Gasteiger partial charge is 0.251 e. The molecule has 3 saturated heterocycles. The molecule has 3 aliphatic rings. The number of carbonyl (C=O) groups is 2. The first-order valence-corrected chi connectivity index (χ1v) is 8.26. The number of benzene rings is 1. The van der Waals surface area contributed by atoms with Gasteiger partial charge in [0.2, 0.25) is 5.91 Å². The minimum absolute atomic E-state index is 0.0343. The normalized spacial score (nSPS) is 27.3. The van der Waals surface area contributed by atoms with Gasteiger partial charge in [0.05, 0.1) is 31.4 Å². The van der Waals surface area contributed by atoms with Crippen LogP contribution in [0.4, 0.5) is 5.69 Å². The fourth-order valence-corrected chi connectivity index (χ4v) is 3.77. The van der Waals surface area contributed by atoms with Crippen LogP contribution < -0.4 is 4.90 Å². The highest BCUT2D eigenvalue weighted by atomic mass is 16.7. The van der Waals surface area contributed by atoms with Crippen LogP contribution in [0.1, 0.15) is 19.3 Å². The molecule has 4 rings (SSSR count). The van der Waals surface area contributed by atoms with E-state index in [4.69, 9.17) is 9.47 Å². The third kappa shape index (κ3) is 2.58. The van der Waals surface area contributed by atoms with Crippen molar-refractivity contribution in [1.29, 1.82) is 0 Å². The Morgan fingerprint density at radius 3 is 2.50 bits per heavy atom. The van der Waals surface area contributed by atoms with Crippen LogP contribution in [-0.2, 0) is 19.1 Å². The average Bonchev–Trinajstić information content (AvgIpc) is 3.13. The maximum absolute atomic E-state index is 12.8. The number of imide groups is 1. The Balaban J connectivity index is 1.48. The Morgan fingerprint density at radius 1 is 1.12 bits per heavy atom. The van der Waals surface area contributed by atoms with Crippen LogP contribution in [0.3, 0.4) is 0 Å². The van der Waals surface area contributed by atoms with E-state index in [-0.39, 0.29) is 24.0 Å². The minimum atomic E-state index is -0.493. The van der Waals surface area contributed by atoms with Gasteiger partial charge in [0.15, 0.2) is 5.79 Å². The minimum Gasteiger partial charge on any atom is -0.508 e. The lowest BCUT2D eigenvalue weighted by Crippen LogP contribution is -2.51. The number of rotatable bonds is 2. The Hall–Kier alpha value is -1.96. The largest absolute Gasteiger partial charge is 0.508 e. The first-order chi connectivity index (χ1) is 11.6. The second-order valence-corrected chi connectivity index (χ2v) is 6.45. The Labute approximate surface area is 139 Å². The number of aromatic hydroxyl groups is 1. The predicted octanol–water partition coefficient (Wildman–Crippen LogP) is 0.863. The molecule has 0 saturated carbocycles. The highest BCUT2D eigenvalue weighted by Crippen LogP contribution is 2.34. The van der Waals surface area contributed by atoms with Crippen LogP contribution in [0, 0.1) is 0 Å². The molecular weight excluding hydrogens is 312 g/mol. The number of hydrogen-bond acceptors (Lipinski definition) is 6. The SMILES string of the molecule is O=C1CC(N2CCC3(CC2)OCCO3)C(=O)N1c1cccc(O)c1. The first kappa shape index (κ1) is 15.6. The highest BCUT2D eigenvalue weighted by molar-refractivity contribution is 6.22. The zero-order chi connectivity index (χ0) is 16.7. The summed E-state index contributed by atoms with van der Waals surface area (Å²) in [5, 5.41) is 9.59. The lowest BCUT2D eigenvalue weighted by atomic mass is 10.0. The molecule has 1 atom stereocenters. The van der Waals surface area contributed by atoms with Crippen LogP contribution >= 0.6 is 0 Å². The molecule has 24 heavy (non-hydrogen) atoms. The number of piperidine rings is 1. The molecule has 128 valence electrons. The monoisotopic (exact) mass is 332 g/mol. The van der Waals surface area contributed by atoms with E-state index in [1.165, 1.54) is 17.0 Å². The van der Waals surface area contributed by atoms with Crippen molar-refractivity contribution in [3.8, 4) is 5.75 Å². The van der Waals surface area contributed by atoms with Gasteiger partial charge in [0.25, 0.3) is 5.91 Å². The lowest BCUT2D eigenvalue weighted by molar-refractivity contribution is -0.188. The van der Waals surface area contributed by atoms with Gasteiger partial charge in [-0.3, -0.25) is 14.5 Å². The van der Waals surface area contributed by atoms with E-state index in [1.807, 2.05) is 4.90 Å². The maximum Gasteiger partial charge on any atom is 0.251 e. The molecule has 0 aliphatic carbocycles. The molecular formula is C17H20N2O5. The summed E-state index contributed by atoms with van der Waals surface area (Å²) in [6.07, 6.45) is 1.58. The third-order valence-electron chi connectivity index (χ3n) is 5.02. The molecule has 7 heteroatoms. The number of hydrogen-bond donors (Lipinski definition) is 1. The van der Waals surface area contributed by atoms with Gasteiger partial charge < -0.3 is 14.6 Å². The molecule has 0 bridgehead atoms. The molecule has 1 N–H and O–H groups in total. The van der Waals surface area contributed by atoms with Gasteiger partial charge in [-0.15, -0.1) is 0 Å². The van der Waals surface area contributed by atoms with Crippen molar-refractivity contribution in [2.24, 2.45) is 0 Å². The molecule has 2 amide bonds. The van der Waals surface area contributed by atoms with Gasteiger partial charge in [0.1, 0.15) is 5.75 Å². The summed E-state index contributed by atoms with van der Waals surface area (Å²) in [5.41, 5.74) is 0.420. The van der Waals surface area contributed by atoms with Crippen molar-refractivity contribution in [3.63, 3.8) is 0 Å². The molecule has 7 nitrogen and oxygen atoms in total. The second kappa shape index (κ2) is 5.84. The molecule has 1 aromatic carbocycles. The Morgan fingerprint density at radius 2 is 1.83 bits per heavy atom. The van der Waals surface area contributed by atoms with Gasteiger partial charge in [-0.05, 0) is 12.1 Å². The highest BCUT2D eigenvalue weighted by Gasteiger charge is 2.47. The predicted molar refractivity (Wildman–Crippen MR) is 84.4 cm³/mol. The number of anilines is 1. The quantitative estimate of drug-likeness (QED) is 0.810. The van der Waals surface area contributed by atoms with E-state index in [0.29, 0.717) is 44.8 Å². The van der Waals surface area contributed by atoms with E-state index in [1.54, 1.807) is 12.1 Å². The standard InChI is InChI=1S/C17H20N2O5/c20-13-3-1-2-12(10-13)19-15(21)11-14(16(19)22)18-6-4-17(5-7-18)23-8-9-24-17/h1-3,10,14,20H,4-9,11H2. The summed E-state index contributed by atoms with van der Waals surface area (Å²) in [6.45, 7) is 2.56. The summed E-state index contributed by atoms with van der Waals surface area (Å²) < 4.78 is 11.4. The van der Waals surface area contributed by atoms with Crippen LogP contribution in [0.5, 0.6) is 5.75 Å². The number of amides is 2. The number of phenols is 1. The number of nitrogens with zero attached hydrogens (tertiary/aromatic N) is 2. The zero-order valence-corrected chi connectivity index (χ0v) is 13.3. The van der Waals surface area contributed by atoms with Crippen LogP contribution in [0.2, 0.25) is 0 Å². The van der Waals surface area contributed by atoms with Crippen LogP contribution in [-0.4, -0.2) is 60.0 Å². The van der Waals surface area contributed by atoms with Gasteiger partial charge in [0, 0.05) is 32.0 Å². The van der Waals surface area contributed by atoms with E-state index in [0.717, 1.165) is 0 Å². The van der Waals surface area contributed by atoms with E-state index in [9.17, 15) is 14.7 Å². The van der Waals surface area contributed by atoms with E-state index < -0.39 is 11.8 Å². The zero-order valence-electron chi connectivity index (χ0n) is 13.3. The third-order valence-corrected chi connectivity index (χ3v) is 5.02. The fourth-order valence-electron chi connectivity index (χ4n) is 3.77. The summed E-state index contributed by atoms with van der Waals surface area (Å²) >= 11 is 0. The molecule has 1 unspecified atom stereocenters. The van der Waals surface area contributed by atoms with Crippen molar-refractivity contribution >= 4 is 17.5 Å². The fraction of sp³-hybridized carbons (Fsp3) is 0.529.